The van der Waals surface area contributed by atoms with E-state index < -0.39 is 0 Å². The maximum absolute atomic E-state index is 12.3. The molecule has 30 heavy (non-hydrogen) atoms. The van der Waals surface area contributed by atoms with E-state index in [4.69, 9.17) is 17.0 Å². The molecular formula is C23H29N3O3S. The summed E-state index contributed by atoms with van der Waals surface area (Å²) >= 11 is 5.08. The molecule has 6 nitrogen and oxygen atoms in total. The van der Waals surface area contributed by atoms with Gasteiger partial charge in [0.15, 0.2) is 5.11 Å². The molecule has 0 unspecified atom stereocenters. The molecule has 160 valence electrons. The average molecular weight is 428 g/mol. The highest BCUT2D eigenvalue weighted by Crippen LogP contribution is 2.22. The Balaban J connectivity index is 1.82. The van der Waals surface area contributed by atoms with E-state index in [1.807, 2.05) is 12.1 Å². The largest absolute Gasteiger partial charge is 0.494 e. The summed E-state index contributed by atoms with van der Waals surface area (Å²) < 4.78 is 5.58. The van der Waals surface area contributed by atoms with Crippen LogP contribution < -0.4 is 20.9 Å². The van der Waals surface area contributed by atoms with Gasteiger partial charge in [0.05, 0.1) is 6.61 Å². The molecule has 0 fully saturated rings. The third-order valence-corrected chi connectivity index (χ3v) is 4.62. The van der Waals surface area contributed by atoms with E-state index >= 15 is 0 Å². The zero-order chi connectivity index (χ0) is 22.1. The predicted molar refractivity (Wildman–Crippen MR) is 123 cm³/mol. The fourth-order valence-electron chi connectivity index (χ4n) is 2.55. The van der Waals surface area contributed by atoms with Gasteiger partial charge >= 0.3 is 0 Å². The molecule has 0 saturated heterocycles. The maximum Gasteiger partial charge on any atom is 0.269 e. The zero-order valence-electron chi connectivity index (χ0n) is 17.9. The first-order chi connectivity index (χ1) is 14.2. The van der Waals surface area contributed by atoms with E-state index in [9.17, 15) is 9.59 Å². The Morgan fingerprint density at radius 1 is 0.900 bits per heavy atom. The Hall–Kier alpha value is -2.93. The van der Waals surface area contributed by atoms with Crippen molar-refractivity contribution in [2.75, 3.05) is 6.61 Å². The summed E-state index contributed by atoms with van der Waals surface area (Å²) in [5.74, 6) is -0.0116. The third-order valence-electron chi connectivity index (χ3n) is 4.41. The van der Waals surface area contributed by atoms with E-state index in [0.717, 1.165) is 18.4 Å². The zero-order valence-corrected chi connectivity index (χ0v) is 18.7. The van der Waals surface area contributed by atoms with Crippen LogP contribution in [0.5, 0.6) is 5.75 Å². The number of benzene rings is 2. The minimum absolute atomic E-state index is 0.00272. The molecule has 2 amide bonds. The van der Waals surface area contributed by atoms with Crippen LogP contribution in [0, 0.1) is 0 Å². The second kappa shape index (κ2) is 10.7. The molecule has 2 rings (SSSR count). The molecule has 2 aromatic rings. The van der Waals surface area contributed by atoms with E-state index in [-0.39, 0.29) is 22.3 Å². The van der Waals surface area contributed by atoms with Crippen molar-refractivity contribution < 1.29 is 14.3 Å². The van der Waals surface area contributed by atoms with Crippen molar-refractivity contribution in [2.24, 2.45) is 0 Å². The molecule has 0 saturated carbocycles. The number of ether oxygens (including phenoxy) is 1. The van der Waals surface area contributed by atoms with Crippen molar-refractivity contribution in [1.29, 1.82) is 0 Å². The first kappa shape index (κ1) is 23.3. The first-order valence-corrected chi connectivity index (χ1v) is 10.4. The lowest BCUT2D eigenvalue weighted by Gasteiger charge is -2.19. The Bertz CT molecular complexity index is 872. The number of hydrogen-bond donors (Lipinski definition) is 3. The van der Waals surface area contributed by atoms with Gasteiger partial charge in [0, 0.05) is 11.1 Å². The van der Waals surface area contributed by atoms with Crippen LogP contribution >= 0.6 is 12.2 Å². The Morgan fingerprint density at radius 2 is 1.47 bits per heavy atom. The highest BCUT2D eigenvalue weighted by molar-refractivity contribution is 7.80. The van der Waals surface area contributed by atoms with Crippen LogP contribution in [0.3, 0.4) is 0 Å². The topological polar surface area (TPSA) is 79.5 Å². The monoisotopic (exact) mass is 427 g/mol. The molecule has 0 aliphatic carbocycles. The van der Waals surface area contributed by atoms with Crippen LogP contribution in [0.4, 0.5) is 0 Å². The van der Waals surface area contributed by atoms with Crippen LogP contribution in [0.25, 0.3) is 0 Å². The van der Waals surface area contributed by atoms with Crippen molar-refractivity contribution >= 4 is 29.1 Å². The Morgan fingerprint density at radius 3 is 2.03 bits per heavy atom. The van der Waals surface area contributed by atoms with Gasteiger partial charge in [-0.2, -0.15) is 0 Å². The second-order valence-electron chi connectivity index (χ2n) is 7.92. The molecule has 0 atom stereocenters. The lowest BCUT2D eigenvalue weighted by molar-refractivity contribution is 0.0934. The van der Waals surface area contributed by atoms with Crippen molar-refractivity contribution in [3.8, 4) is 5.75 Å². The number of rotatable bonds is 6. The van der Waals surface area contributed by atoms with Crippen LogP contribution in [0.1, 0.15) is 66.8 Å². The molecular weight excluding hydrogens is 398 g/mol. The van der Waals surface area contributed by atoms with Gasteiger partial charge < -0.3 is 4.74 Å². The van der Waals surface area contributed by atoms with Crippen LogP contribution in [0.2, 0.25) is 0 Å². The molecule has 7 heteroatoms. The quantitative estimate of drug-likeness (QED) is 0.367. The molecule has 0 bridgehead atoms. The van der Waals surface area contributed by atoms with E-state index in [2.05, 4.69) is 43.9 Å². The summed E-state index contributed by atoms with van der Waals surface area (Å²) in [6, 6.07) is 14.2. The van der Waals surface area contributed by atoms with Gasteiger partial charge in [-0.25, -0.2) is 0 Å². The van der Waals surface area contributed by atoms with Crippen LogP contribution in [0.15, 0.2) is 48.5 Å². The van der Waals surface area contributed by atoms with E-state index in [1.165, 1.54) is 0 Å². The number of thiocarbonyl (C=S) groups is 1. The smallest absolute Gasteiger partial charge is 0.269 e. The lowest BCUT2D eigenvalue weighted by Crippen LogP contribution is -2.48. The summed E-state index contributed by atoms with van der Waals surface area (Å²) in [5, 5.41) is 2.53. The molecule has 0 aliphatic heterocycles. The Kier molecular flexibility index (Phi) is 8.35. The van der Waals surface area contributed by atoms with Crippen LogP contribution in [-0.2, 0) is 5.41 Å². The van der Waals surface area contributed by atoms with Crippen molar-refractivity contribution in [3.05, 3.63) is 65.2 Å². The normalized spacial score (nSPS) is 10.8. The number of hydrazine groups is 1. The highest BCUT2D eigenvalue weighted by Gasteiger charge is 2.14. The molecule has 3 N–H and O–H groups in total. The van der Waals surface area contributed by atoms with Crippen molar-refractivity contribution in [2.45, 2.75) is 46.0 Å². The summed E-state index contributed by atoms with van der Waals surface area (Å²) in [4.78, 5) is 24.5. The standard InChI is InChI=1S/C23H29N3O3S/c1-5-6-15-29-19-13-9-16(10-14-19)20(27)24-22(30)26-25-21(28)17-7-11-18(12-8-17)23(2,3)4/h7-14H,5-6,15H2,1-4H3,(H,25,28)(H2,24,26,27,30). The SMILES string of the molecule is CCCCOc1ccc(C(=O)NC(=S)NNC(=O)c2ccc(C(C)(C)C)cc2)cc1. The lowest BCUT2D eigenvalue weighted by atomic mass is 9.87. The van der Waals surface area contributed by atoms with Gasteiger partial charge in [-0.15, -0.1) is 0 Å². The molecule has 0 spiro atoms. The number of unbranched alkanes of at least 4 members (excludes halogenated alkanes) is 1. The molecule has 0 heterocycles. The predicted octanol–water partition coefficient (Wildman–Crippen LogP) is 4.11. The summed E-state index contributed by atoms with van der Waals surface area (Å²) in [6.07, 6.45) is 2.04. The summed E-state index contributed by atoms with van der Waals surface area (Å²) in [6.45, 7) is 9.07. The summed E-state index contributed by atoms with van der Waals surface area (Å²) in [5.41, 5.74) is 7.11. The maximum atomic E-state index is 12.3. The highest BCUT2D eigenvalue weighted by atomic mass is 32.1. The minimum Gasteiger partial charge on any atom is -0.494 e. The van der Waals surface area contributed by atoms with E-state index in [0.29, 0.717) is 23.5 Å². The number of carbonyl (C=O) groups excluding carboxylic acids is 2. The van der Waals surface area contributed by atoms with Gasteiger partial charge in [-0.3, -0.25) is 25.8 Å². The fourth-order valence-corrected chi connectivity index (χ4v) is 2.69. The fraction of sp³-hybridized carbons (Fsp3) is 0.348. The average Bonchev–Trinajstić information content (AvgIpc) is 2.72. The van der Waals surface area contributed by atoms with Crippen molar-refractivity contribution in [3.63, 3.8) is 0 Å². The Labute approximate surface area is 183 Å². The van der Waals surface area contributed by atoms with Crippen molar-refractivity contribution in [1.82, 2.24) is 16.2 Å². The van der Waals surface area contributed by atoms with Gasteiger partial charge in [-0.1, -0.05) is 46.2 Å². The van der Waals surface area contributed by atoms with E-state index in [1.54, 1.807) is 36.4 Å². The molecule has 0 aliphatic rings. The number of nitrogens with one attached hydrogen (secondary N) is 3. The second-order valence-corrected chi connectivity index (χ2v) is 8.32. The van der Waals surface area contributed by atoms with Gasteiger partial charge in [0.25, 0.3) is 11.8 Å². The summed E-state index contributed by atoms with van der Waals surface area (Å²) in [7, 11) is 0. The minimum atomic E-state index is -0.378. The number of carbonyl (C=O) groups is 2. The first-order valence-electron chi connectivity index (χ1n) is 9.96. The van der Waals surface area contributed by atoms with Gasteiger partial charge in [0.1, 0.15) is 5.75 Å². The molecule has 0 aromatic heterocycles. The number of hydrogen-bond acceptors (Lipinski definition) is 4. The van der Waals surface area contributed by atoms with Gasteiger partial charge in [0.2, 0.25) is 0 Å². The van der Waals surface area contributed by atoms with Crippen LogP contribution in [-0.4, -0.2) is 23.5 Å². The number of amides is 2. The molecule has 0 radical (unpaired) electrons. The third kappa shape index (κ3) is 7.15. The van der Waals surface area contributed by atoms with Gasteiger partial charge in [-0.05, 0) is 66.0 Å². The molecule has 2 aromatic carbocycles.